The molecule has 0 fully saturated rings. The molecule has 2 N–H and O–H groups in total. The molecule has 0 aliphatic heterocycles. The predicted octanol–water partition coefficient (Wildman–Crippen LogP) is 1.89. The zero-order valence-electron chi connectivity index (χ0n) is 9.94. The van der Waals surface area contributed by atoms with Crippen molar-refractivity contribution in [3.05, 3.63) is 35.1 Å². The fourth-order valence-corrected chi connectivity index (χ4v) is 2.07. The Morgan fingerprint density at radius 1 is 1.59 bits per heavy atom. The number of H-pyrrole nitrogens is 1. The van der Waals surface area contributed by atoms with Gasteiger partial charge in [0.05, 0.1) is 16.9 Å². The van der Waals surface area contributed by atoms with Crippen molar-refractivity contribution in [2.75, 3.05) is 6.54 Å². The molecule has 17 heavy (non-hydrogen) atoms. The quantitative estimate of drug-likeness (QED) is 0.856. The van der Waals surface area contributed by atoms with Crippen LogP contribution in [0.1, 0.15) is 30.9 Å². The van der Waals surface area contributed by atoms with Gasteiger partial charge in [-0.05, 0) is 13.0 Å². The second-order valence-corrected chi connectivity index (χ2v) is 4.27. The average Bonchev–Trinajstić information content (AvgIpc) is 2.93. The predicted molar refractivity (Wildman–Crippen MR) is 66.9 cm³/mol. The molecule has 0 aliphatic rings. The number of aromatic nitrogens is 4. The van der Waals surface area contributed by atoms with E-state index >= 15 is 0 Å². The van der Waals surface area contributed by atoms with Crippen LogP contribution in [0, 0.1) is 0 Å². The van der Waals surface area contributed by atoms with E-state index < -0.39 is 0 Å². The van der Waals surface area contributed by atoms with E-state index in [0.717, 1.165) is 24.5 Å². The van der Waals surface area contributed by atoms with Crippen molar-refractivity contribution in [1.82, 2.24) is 25.1 Å². The third-order valence-electron chi connectivity index (χ3n) is 2.60. The second kappa shape index (κ2) is 5.33. The number of nitrogens with zero attached hydrogens (tertiary/aromatic N) is 3. The summed E-state index contributed by atoms with van der Waals surface area (Å²) >= 11 is 6.17. The van der Waals surface area contributed by atoms with E-state index in [2.05, 4.69) is 27.3 Å². The van der Waals surface area contributed by atoms with Crippen LogP contribution in [0.4, 0.5) is 0 Å². The maximum Gasteiger partial charge on any atom is 0.129 e. The number of aryl methyl sites for hydroxylation is 1. The molecule has 0 saturated heterocycles. The lowest BCUT2D eigenvalue weighted by atomic mass is 10.2. The molecule has 0 spiro atoms. The molecule has 0 saturated carbocycles. The van der Waals surface area contributed by atoms with Gasteiger partial charge in [0.25, 0.3) is 0 Å². The minimum absolute atomic E-state index is 0.0510. The van der Waals surface area contributed by atoms with Gasteiger partial charge in [-0.2, -0.15) is 5.10 Å². The van der Waals surface area contributed by atoms with Gasteiger partial charge in [0.15, 0.2) is 0 Å². The number of hydrogen-bond acceptors (Lipinski definition) is 3. The highest BCUT2D eigenvalue weighted by Gasteiger charge is 2.22. The van der Waals surface area contributed by atoms with Crippen LogP contribution in [-0.4, -0.2) is 26.3 Å². The van der Waals surface area contributed by atoms with Gasteiger partial charge < -0.3 is 10.3 Å². The molecule has 0 aliphatic carbocycles. The Balaban J connectivity index is 2.33. The van der Waals surface area contributed by atoms with Gasteiger partial charge in [-0.1, -0.05) is 18.5 Å². The monoisotopic (exact) mass is 253 g/mol. The number of rotatable bonds is 5. The normalized spacial score (nSPS) is 12.9. The zero-order chi connectivity index (χ0) is 12.3. The molecule has 0 aromatic carbocycles. The molecule has 0 amide bonds. The molecule has 0 radical (unpaired) electrons. The van der Waals surface area contributed by atoms with E-state index in [-0.39, 0.29) is 6.04 Å². The van der Waals surface area contributed by atoms with Gasteiger partial charge in [0.1, 0.15) is 11.9 Å². The number of aromatic amines is 1. The lowest BCUT2D eigenvalue weighted by Gasteiger charge is -2.17. The number of imidazole rings is 1. The first-order valence-electron chi connectivity index (χ1n) is 5.64. The highest BCUT2D eigenvalue weighted by atomic mass is 35.5. The average molecular weight is 254 g/mol. The van der Waals surface area contributed by atoms with Gasteiger partial charge in [-0.15, -0.1) is 0 Å². The Morgan fingerprint density at radius 3 is 2.94 bits per heavy atom. The van der Waals surface area contributed by atoms with Crippen LogP contribution < -0.4 is 5.32 Å². The van der Waals surface area contributed by atoms with Crippen molar-refractivity contribution >= 4 is 11.6 Å². The molecule has 2 aromatic heterocycles. The van der Waals surface area contributed by atoms with E-state index in [1.165, 1.54) is 0 Å². The molecule has 1 unspecified atom stereocenters. The summed E-state index contributed by atoms with van der Waals surface area (Å²) in [6, 6.07) is -0.0510. The van der Waals surface area contributed by atoms with Crippen LogP contribution in [0.2, 0.25) is 5.02 Å². The van der Waals surface area contributed by atoms with Crippen LogP contribution >= 0.6 is 11.6 Å². The molecular weight excluding hydrogens is 238 g/mol. The lowest BCUT2D eigenvalue weighted by molar-refractivity contribution is 0.536. The Hall–Kier alpha value is -1.33. The van der Waals surface area contributed by atoms with Gasteiger partial charge in [-0.3, -0.25) is 4.68 Å². The van der Waals surface area contributed by atoms with E-state index in [9.17, 15) is 0 Å². The summed E-state index contributed by atoms with van der Waals surface area (Å²) in [7, 11) is 1.88. The molecule has 0 bridgehead atoms. The Bertz CT molecular complexity index is 443. The van der Waals surface area contributed by atoms with Crippen molar-refractivity contribution in [3.63, 3.8) is 0 Å². The van der Waals surface area contributed by atoms with Crippen LogP contribution in [-0.2, 0) is 7.05 Å². The van der Waals surface area contributed by atoms with Gasteiger partial charge in [0.2, 0.25) is 0 Å². The minimum Gasteiger partial charge on any atom is -0.347 e. The van der Waals surface area contributed by atoms with Crippen molar-refractivity contribution in [2.45, 2.75) is 19.4 Å². The van der Waals surface area contributed by atoms with Gasteiger partial charge >= 0.3 is 0 Å². The maximum atomic E-state index is 6.17. The SMILES string of the molecule is CCCNC(c1ncc[nH]1)c1c(Cl)cnn1C. The highest BCUT2D eigenvalue weighted by molar-refractivity contribution is 6.31. The van der Waals surface area contributed by atoms with E-state index in [1.54, 1.807) is 23.3 Å². The molecule has 5 nitrogen and oxygen atoms in total. The summed E-state index contributed by atoms with van der Waals surface area (Å²) < 4.78 is 1.78. The Morgan fingerprint density at radius 2 is 2.41 bits per heavy atom. The van der Waals surface area contributed by atoms with Crippen molar-refractivity contribution in [1.29, 1.82) is 0 Å². The first-order chi connectivity index (χ1) is 8.24. The fraction of sp³-hybridized carbons (Fsp3) is 0.455. The Kier molecular flexibility index (Phi) is 3.81. The molecule has 2 aromatic rings. The van der Waals surface area contributed by atoms with Crippen LogP contribution in [0.3, 0.4) is 0 Å². The van der Waals surface area contributed by atoms with Gasteiger partial charge in [-0.25, -0.2) is 4.98 Å². The van der Waals surface area contributed by atoms with E-state index in [1.807, 2.05) is 7.05 Å². The summed E-state index contributed by atoms with van der Waals surface area (Å²) in [5.74, 6) is 0.851. The first kappa shape index (κ1) is 12.1. The minimum atomic E-state index is -0.0510. The standard InChI is InChI=1S/C11H16ClN5/c1-3-4-13-9(11-14-5-6-15-11)10-8(12)7-16-17(10)2/h5-7,9,13H,3-4H2,1-2H3,(H,14,15). The molecule has 6 heteroatoms. The first-order valence-corrected chi connectivity index (χ1v) is 6.02. The lowest BCUT2D eigenvalue weighted by Crippen LogP contribution is -2.26. The van der Waals surface area contributed by atoms with E-state index in [0.29, 0.717) is 5.02 Å². The van der Waals surface area contributed by atoms with Crippen molar-refractivity contribution in [2.24, 2.45) is 7.05 Å². The zero-order valence-corrected chi connectivity index (χ0v) is 10.7. The smallest absolute Gasteiger partial charge is 0.129 e. The Labute approximate surface area is 105 Å². The molecule has 1 atom stereocenters. The summed E-state index contributed by atoms with van der Waals surface area (Å²) in [6.45, 7) is 3.02. The number of hydrogen-bond donors (Lipinski definition) is 2. The summed E-state index contributed by atoms with van der Waals surface area (Å²) in [4.78, 5) is 7.41. The molecule has 2 rings (SSSR count). The summed E-state index contributed by atoms with van der Waals surface area (Å²) in [6.07, 6.45) is 6.24. The number of halogens is 1. The summed E-state index contributed by atoms with van der Waals surface area (Å²) in [5.41, 5.74) is 0.926. The van der Waals surface area contributed by atoms with E-state index in [4.69, 9.17) is 11.6 Å². The highest BCUT2D eigenvalue weighted by Crippen LogP contribution is 2.25. The third-order valence-corrected chi connectivity index (χ3v) is 2.89. The summed E-state index contributed by atoms with van der Waals surface area (Å²) in [5, 5.41) is 8.23. The maximum absolute atomic E-state index is 6.17. The largest absolute Gasteiger partial charge is 0.347 e. The van der Waals surface area contributed by atoms with Crippen molar-refractivity contribution < 1.29 is 0 Å². The number of nitrogens with one attached hydrogen (secondary N) is 2. The molecular formula is C11H16ClN5. The third kappa shape index (κ3) is 2.50. The molecule has 92 valence electrons. The fourth-order valence-electron chi connectivity index (χ4n) is 1.79. The second-order valence-electron chi connectivity index (χ2n) is 3.86. The van der Waals surface area contributed by atoms with Crippen LogP contribution in [0.5, 0.6) is 0 Å². The van der Waals surface area contributed by atoms with Crippen LogP contribution in [0.25, 0.3) is 0 Å². The van der Waals surface area contributed by atoms with Gasteiger partial charge in [0, 0.05) is 19.4 Å². The van der Waals surface area contributed by atoms with Crippen LogP contribution in [0.15, 0.2) is 18.6 Å². The molecule has 2 heterocycles. The topological polar surface area (TPSA) is 58.5 Å². The van der Waals surface area contributed by atoms with Crippen molar-refractivity contribution in [3.8, 4) is 0 Å².